The van der Waals surface area contributed by atoms with Crippen molar-refractivity contribution in [3.63, 3.8) is 0 Å². The first-order valence-corrected chi connectivity index (χ1v) is 5.26. The number of carboxylic acid groups (broad SMARTS) is 1. The largest absolute Gasteiger partial charge is 0.505 e. The lowest BCUT2D eigenvalue weighted by Gasteiger charge is -2.14. The number of hydrogen-bond donors (Lipinski definition) is 3. The fourth-order valence-electron chi connectivity index (χ4n) is 1.24. The number of carbonyl (C=O) groups excluding carboxylic acids is 1. The van der Waals surface area contributed by atoms with Crippen molar-refractivity contribution in [2.75, 3.05) is 0 Å². The number of benzene rings is 1. The van der Waals surface area contributed by atoms with E-state index in [1.165, 1.54) is 19.1 Å². The molecule has 0 bridgehead atoms. The van der Waals surface area contributed by atoms with E-state index in [1.54, 1.807) is 0 Å². The minimum atomic E-state index is -1.26. The van der Waals surface area contributed by atoms with Gasteiger partial charge in [-0.1, -0.05) is 23.2 Å². The Morgan fingerprint density at radius 3 is 2.12 bits per heavy atom. The zero-order chi connectivity index (χ0) is 13.2. The molecule has 0 saturated heterocycles. The lowest BCUT2D eigenvalue weighted by atomic mass is 10.1. The summed E-state index contributed by atoms with van der Waals surface area (Å²) >= 11 is 11.3. The second-order valence-corrected chi connectivity index (χ2v) is 4.12. The molecule has 3 N–H and O–H groups in total. The van der Waals surface area contributed by atoms with Crippen LogP contribution in [0.3, 0.4) is 0 Å². The van der Waals surface area contributed by atoms with E-state index in [4.69, 9.17) is 28.3 Å². The van der Waals surface area contributed by atoms with E-state index >= 15 is 0 Å². The van der Waals surface area contributed by atoms with Crippen LogP contribution in [0.1, 0.15) is 18.5 Å². The van der Waals surface area contributed by atoms with Gasteiger partial charge in [-0.15, -0.1) is 0 Å². The lowest BCUT2D eigenvalue weighted by molar-refractivity contribution is -0.141. The predicted octanol–water partition coefficient (Wildman–Crippen LogP) is 1.96. The van der Waals surface area contributed by atoms with E-state index in [0.717, 1.165) is 0 Å². The van der Waals surface area contributed by atoms with Crippen molar-refractivity contribution >= 4 is 35.1 Å². The summed E-state index contributed by atoms with van der Waals surface area (Å²) in [5.74, 6) is -2.08. The summed E-state index contributed by atoms with van der Waals surface area (Å²) in [5, 5.41) is 20.4. The van der Waals surface area contributed by atoms with Gasteiger partial charge in [0.05, 0.1) is 10.0 Å². The summed E-state index contributed by atoms with van der Waals surface area (Å²) in [4.78, 5) is 21.9. The Kier molecular flexibility index (Phi) is 4.20. The van der Waals surface area contributed by atoms with Crippen LogP contribution in [0, 0.1) is 0 Å². The maximum atomic E-state index is 11.0. The van der Waals surface area contributed by atoms with Crippen LogP contribution in [-0.4, -0.2) is 22.1 Å². The van der Waals surface area contributed by atoms with Gasteiger partial charge in [-0.25, -0.2) is 4.79 Å². The van der Waals surface area contributed by atoms with E-state index in [-0.39, 0.29) is 21.4 Å². The van der Waals surface area contributed by atoms with Crippen molar-refractivity contribution in [3.05, 3.63) is 27.7 Å². The Morgan fingerprint density at radius 2 is 1.76 bits per heavy atom. The van der Waals surface area contributed by atoms with Crippen LogP contribution in [0.25, 0.3) is 0 Å². The first-order valence-electron chi connectivity index (χ1n) is 4.50. The van der Waals surface area contributed by atoms with Gasteiger partial charge < -0.3 is 15.5 Å². The predicted molar refractivity (Wildman–Crippen MR) is 62.3 cm³/mol. The standard InChI is InChI=1S/C10H9Cl2NO4/c1-4(14)13-8(10(16)17)5-2-6(11)9(15)7(12)3-5/h2-3,8,15H,1H3,(H,13,14)(H,16,17). The summed E-state index contributed by atoms with van der Waals surface area (Å²) < 4.78 is 0. The van der Waals surface area contributed by atoms with E-state index < -0.39 is 17.9 Å². The zero-order valence-electron chi connectivity index (χ0n) is 8.70. The minimum Gasteiger partial charge on any atom is -0.505 e. The molecule has 0 saturated carbocycles. The number of aliphatic carboxylic acids is 1. The molecule has 1 aromatic carbocycles. The molecule has 1 atom stereocenters. The highest BCUT2D eigenvalue weighted by atomic mass is 35.5. The SMILES string of the molecule is CC(=O)NC(C(=O)O)c1cc(Cl)c(O)c(Cl)c1. The number of hydrogen-bond acceptors (Lipinski definition) is 3. The number of phenols is 1. The summed E-state index contributed by atoms with van der Waals surface area (Å²) in [5.41, 5.74) is 0.181. The van der Waals surface area contributed by atoms with Gasteiger partial charge in [0.15, 0.2) is 11.8 Å². The second-order valence-electron chi connectivity index (χ2n) is 3.30. The van der Waals surface area contributed by atoms with Crippen molar-refractivity contribution in [2.45, 2.75) is 13.0 Å². The molecule has 0 aromatic heterocycles. The molecular formula is C10H9Cl2NO4. The molecule has 1 rings (SSSR count). The molecule has 7 heteroatoms. The molecule has 0 aliphatic carbocycles. The molecule has 92 valence electrons. The number of rotatable bonds is 3. The average Bonchev–Trinajstić information content (AvgIpc) is 2.21. The van der Waals surface area contributed by atoms with Gasteiger partial charge in [0.2, 0.25) is 5.91 Å². The minimum absolute atomic E-state index is 0.0795. The topological polar surface area (TPSA) is 86.6 Å². The highest BCUT2D eigenvalue weighted by Crippen LogP contribution is 2.34. The Labute approximate surface area is 107 Å². The molecule has 1 unspecified atom stereocenters. The zero-order valence-corrected chi connectivity index (χ0v) is 10.2. The van der Waals surface area contributed by atoms with Gasteiger partial charge in [-0.3, -0.25) is 4.79 Å². The number of carboxylic acids is 1. The van der Waals surface area contributed by atoms with Gasteiger partial charge in [-0.05, 0) is 17.7 Å². The quantitative estimate of drug-likeness (QED) is 0.788. The first kappa shape index (κ1) is 13.6. The highest BCUT2D eigenvalue weighted by molar-refractivity contribution is 6.37. The Morgan fingerprint density at radius 1 is 1.29 bits per heavy atom. The molecule has 0 spiro atoms. The van der Waals surface area contributed by atoms with Gasteiger partial charge in [0.1, 0.15) is 0 Å². The summed E-state index contributed by atoms with van der Waals surface area (Å²) in [6, 6.07) is 1.21. The Hall–Kier alpha value is -1.46. The van der Waals surface area contributed by atoms with Crippen LogP contribution in [-0.2, 0) is 9.59 Å². The van der Waals surface area contributed by atoms with Gasteiger partial charge in [0.25, 0.3) is 0 Å². The maximum absolute atomic E-state index is 11.0. The van der Waals surface area contributed by atoms with E-state index in [0.29, 0.717) is 0 Å². The van der Waals surface area contributed by atoms with E-state index in [1.807, 2.05) is 0 Å². The van der Waals surface area contributed by atoms with Gasteiger partial charge in [0, 0.05) is 6.92 Å². The molecule has 1 aromatic rings. The van der Waals surface area contributed by atoms with Crippen molar-refractivity contribution in [1.82, 2.24) is 5.32 Å². The van der Waals surface area contributed by atoms with Crippen molar-refractivity contribution in [3.8, 4) is 5.75 Å². The molecule has 0 aliphatic rings. The Bertz CT molecular complexity index is 452. The summed E-state index contributed by atoms with van der Waals surface area (Å²) in [6.07, 6.45) is 0. The highest BCUT2D eigenvalue weighted by Gasteiger charge is 2.22. The third kappa shape index (κ3) is 3.25. The number of carbonyl (C=O) groups is 2. The van der Waals surface area contributed by atoms with Crippen molar-refractivity contribution in [1.29, 1.82) is 0 Å². The third-order valence-corrected chi connectivity index (χ3v) is 2.54. The number of aromatic hydroxyl groups is 1. The number of phenolic OH excluding ortho intramolecular Hbond substituents is 1. The number of nitrogens with one attached hydrogen (secondary N) is 1. The van der Waals surface area contributed by atoms with Crippen molar-refractivity contribution in [2.24, 2.45) is 0 Å². The maximum Gasteiger partial charge on any atom is 0.330 e. The van der Waals surface area contributed by atoms with Gasteiger partial charge >= 0.3 is 5.97 Å². The fourth-order valence-corrected chi connectivity index (χ4v) is 1.75. The smallest absolute Gasteiger partial charge is 0.330 e. The van der Waals surface area contributed by atoms with Crippen LogP contribution in [0.5, 0.6) is 5.75 Å². The summed E-state index contributed by atoms with van der Waals surface area (Å²) in [6.45, 7) is 1.19. The molecule has 5 nitrogen and oxygen atoms in total. The Balaban J connectivity index is 3.19. The van der Waals surface area contributed by atoms with Crippen LogP contribution in [0.4, 0.5) is 0 Å². The van der Waals surface area contributed by atoms with Crippen LogP contribution >= 0.6 is 23.2 Å². The number of halogens is 2. The molecular weight excluding hydrogens is 269 g/mol. The van der Waals surface area contributed by atoms with Gasteiger partial charge in [-0.2, -0.15) is 0 Å². The van der Waals surface area contributed by atoms with Crippen LogP contribution < -0.4 is 5.32 Å². The molecule has 0 radical (unpaired) electrons. The lowest BCUT2D eigenvalue weighted by Crippen LogP contribution is -2.31. The fraction of sp³-hybridized carbons (Fsp3) is 0.200. The second kappa shape index (κ2) is 5.25. The molecule has 0 heterocycles. The first-order chi connectivity index (χ1) is 7.82. The van der Waals surface area contributed by atoms with Crippen LogP contribution in [0.15, 0.2) is 12.1 Å². The molecule has 0 fully saturated rings. The summed E-state index contributed by atoms with van der Waals surface area (Å²) in [7, 11) is 0. The molecule has 0 aliphatic heterocycles. The third-order valence-electron chi connectivity index (χ3n) is 1.97. The van der Waals surface area contributed by atoms with Crippen LogP contribution in [0.2, 0.25) is 10.0 Å². The molecule has 17 heavy (non-hydrogen) atoms. The number of amides is 1. The van der Waals surface area contributed by atoms with Crippen molar-refractivity contribution < 1.29 is 19.8 Å². The van der Waals surface area contributed by atoms with E-state index in [9.17, 15) is 14.7 Å². The normalized spacial score (nSPS) is 11.9. The monoisotopic (exact) mass is 277 g/mol. The van der Waals surface area contributed by atoms with E-state index in [2.05, 4.69) is 5.32 Å². The average molecular weight is 278 g/mol. The molecule has 1 amide bonds.